The van der Waals surface area contributed by atoms with Gasteiger partial charge in [0.15, 0.2) is 0 Å². The van der Waals surface area contributed by atoms with Crippen LogP contribution in [0.4, 0.5) is 0 Å². The molecule has 1 saturated carbocycles. The van der Waals surface area contributed by atoms with Gasteiger partial charge >= 0.3 is 0 Å². The molecule has 0 saturated heterocycles. The van der Waals surface area contributed by atoms with E-state index in [4.69, 9.17) is 0 Å². The van der Waals surface area contributed by atoms with Gasteiger partial charge in [-0.15, -0.1) is 0 Å². The van der Waals surface area contributed by atoms with E-state index in [2.05, 4.69) is 26.1 Å². The van der Waals surface area contributed by atoms with Crippen LogP contribution in [0.5, 0.6) is 0 Å². The highest BCUT2D eigenvalue weighted by Gasteiger charge is 2.29. The molecule has 1 aliphatic rings. The molecule has 0 atom stereocenters. The van der Waals surface area contributed by atoms with Gasteiger partial charge in [-0.05, 0) is 37.5 Å². The van der Waals surface area contributed by atoms with Crippen LogP contribution in [-0.4, -0.2) is 12.6 Å². The second-order valence-electron chi connectivity index (χ2n) is 7.09. The van der Waals surface area contributed by atoms with Crippen molar-refractivity contribution in [2.75, 3.05) is 6.54 Å². The monoisotopic (exact) mass is 281 g/mol. The van der Waals surface area contributed by atoms with Gasteiger partial charge in [-0.3, -0.25) is 0 Å². The molecule has 0 aliphatic heterocycles. The van der Waals surface area contributed by atoms with Gasteiger partial charge in [0.2, 0.25) is 0 Å². The van der Waals surface area contributed by atoms with Crippen molar-refractivity contribution in [3.8, 4) is 0 Å². The number of unbranched alkanes of at least 4 members (excludes halogenated alkanes) is 7. The SMILES string of the molecule is CCCCCCCCCCC(CC)(CC)CNC1CC1. The van der Waals surface area contributed by atoms with Crippen LogP contribution in [0.3, 0.4) is 0 Å². The van der Waals surface area contributed by atoms with E-state index in [-0.39, 0.29) is 0 Å². The quantitative estimate of drug-likeness (QED) is 0.381. The van der Waals surface area contributed by atoms with Crippen molar-refractivity contribution in [1.82, 2.24) is 5.32 Å². The Hall–Kier alpha value is -0.0400. The third kappa shape index (κ3) is 7.67. The highest BCUT2D eigenvalue weighted by atomic mass is 15.0. The number of rotatable bonds is 14. The van der Waals surface area contributed by atoms with E-state index in [0.717, 1.165) is 6.04 Å². The van der Waals surface area contributed by atoms with E-state index >= 15 is 0 Å². The number of nitrogens with one attached hydrogen (secondary N) is 1. The predicted molar refractivity (Wildman–Crippen MR) is 91.3 cm³/mol. The molecule has 120 valence electrons. The summed E-state index contributed by atoms with van der Waals surface area (Å²) in [5.74, 6) is 0. The summed E-state index contributed by atoms with van der Waals surface area (Å²) in [6, 6.07) is 0.867. The van der Waals surface area contributed by atoms with Crippen molar-refractivity contribution in [3.05, 3.63) is 0 Å². The lowest BCUT2D eigenvalue weighted by molar-refractivity contribution is 0.218. The van der Waals surface area contributed by atoms with Crippen molar-refractivity contribution >= 4 is 0 Å². The summed E-state index contributed by atoms with van der Waals surface area (Å²) in [4.78, 5) is 0. The first-order chi connectivity index (χ1) is 9.76. The van der Waals surface area contributed by atoms with E-state index in [1.54, 1.807) is 0 Å². The summed E-state index contributed by atoms with van der Waals surface area (Å²) in [7, 11) is 0. The van der Waals surface area contributed by atoms with Crippen LogP contribution in [0.15, 0.2) is 0 Å². The fourth-order valence-electron chi connectivity index (χ4n) is 3.22. The third-order valence-corrected chi connectivity index (χ3v) is 5.40. The smallest absolute Gasteiger partial charge is 0.00684 e. The molecule has 0 spiro atoms. The fourth-order valence-corrected chi connectivity index (χ4v) is 3.22. The predicted octanol–water partition coefficient (Wildman–Crippen LogP) is 6.08. The lowest BCUT2D eigenvalue weighted by Gasteiger charge is -2.32. The Morgan fingerprint density at radius 2 is 1.35 bits per heavy atom. The molecule has 0 heterocycles. The first-order valence-electron chi connectivity index (χ1n) is 9.49. The highest BCUT2D eigenvalue weighted by Crippen LogP contribution is 2.33. The molecule has 0 unspecified atom stereocenters. The Balaban J connectivity index is 2.05. The maximum Gasteiger partial charge on any atom is 0.00684 e. The third-order valence-electron chi connectivity index (χ3n) is 5.40. The first-order valence-corrected chi connectivity index (χ1v) is 9.49. The summed E-state index contributed by atoms with van der Waals surface area (Å²) in [5.41, 5.74) is 0.588. The zero-order valence-corrected chi connectivity index (χ0v) is 14.5. The molecular weight excluding hydrogens is 242 g/mol. The highest BCUT2D eigenvalue weighted by molar-refractivity contribution is 4.86. The van der Waals surface area contributed by atoms with Gasteiger partial charge < -0.3 is 5.32 Å². The molecule has 1 fully saturated rings. The minimum atomic E-state index is 0.588. The van der Waals surface area contributed by atoms with E-state index in [1.807, 2.05) is 0 Å². The Morgan fingerprint density at radius 1 is 0.800 bits per heavy atom. The molecule has 1 N–H and O–H groups in total. The van der Waals surface area contributed by atoms with Crippen LogP contribution in [0.1, 0.15) is 104 Å². The standard InChI is InChI=1S/C19H39N/c1-4-7-8-9-10-11-12-13-16-19(5-2,6-3)17-20-18-14-15-18/h18,20H,4-17H2,1-3H3. The topological polar surface area (TPSA) is 12.0 Å². The zero-order valence-electron chi connectivity index (χ0n) is 14.5. The molecule has 1 heteroatoms. The molecule has 0 radical (unpaired) electrons. The summed E-state index contributed by atoms with van der Waals surface area (Å²) >= 11 is 0. The van der Waals surface area contributed by atoms with E-state index in [1.165, 1.54) is 90.0 Å². The average molecular weight is 282 g/mol. The Morgan fingerprint density at radius 3 is 1.85 bits per heavy atom. The van der Waals surface area contributed by atoms with Crippen molar-refractivity contribution in [2.24, 2.45) is 5.41 Å². The molecule has 0 bridgehead atoms. The van der Waals surface area contributed by atoms with Gasteiger partial charge in [-0.2, -0.15) is 0 Å². The number of hydrogen-bond acceptors (Lipinski definition) is 1. The summed E-state index contributed by atoms with van der Waals surface area (Å²) in [6.07, 6.45) is 18.5. The van der Waals surface area contributed by atoms with Gasteiger partial charge in [0.1, 0.15) is 0 Å². The van der Waals surface area contributed by atoms with Gasteiger partial charge in [0, 0.05) is 12.6 Å². The average Bonchev–Trinajstić information content (AvgIpc) is 3.30. The Kier molecular flexibility index (Phi) is 9.59. The van der Waals surface area contributed by atoms with Crippen molar-refractivity contribution in [2.45, 2.75) is 110 Å². The lowest BCUT2D eigenvalue weighted by Crippen LogP contribution is -2.34. The van der Waals surface area contributed by atoms with Gasteiger partial charge in [-0.1, -0.05) is 72.1 Å². The van der Waals surface area contributed by atoms with Crippen LogP contribution >= 0.6 is 0 Å². The van der Waals surface area contributed by atoms with E-state index < -0.39 is 0 Å². The van der Waals surface area contributed by atoms with Crippen LogP contribution in [0, 0.1) is 5.41 Å². The first kappa shape index (κ1) is 18.0. The molecule has 20 heavy (non-hydrogen) atoms. The molecule has 0 aromatic heterocycles. The summed E-state index contributed by atoms with van der Waals surface area (Å²) in [6.45, 7) is 8.34. The maximum absolute atomic E-state index is 3.77. The van der Waals surface area contributed by atoms with Crippen LogP contribution in [0.2, 0.25) is 0 Å². The molecule has 0 amide bonds. The van der Waals surface area contributed by atoms with Crippen LogP contribution in [0.25, 0.3) is 0 Å². The molecular formula is C19H39N. The largest absolute Gasteiger partial charge is 0.313 e. The second-order valence-corrected chi connectivity index (χ2v) is 7.09. The van der Waals surface area contributed by atoms with Gasteiger partial charge in [0.05, 0.1) is 0 Å². The van der Waals surface area contributed by atoms with Gasteiger partial charge in [-0.25, -0.2) is 0 Å². The van der Waals surface area contributed by atoms with Crippen molar-refractivity contribution < 1.29 is 0 Å². The molecule has 1 nitrogen and oxygen atoms in total. The molecule has 1 aliphatic carbocycles. The van der Waals surface area contributed by atoms with Crippen molar-refractivity contribution in [1.29, 1.82) is 0 Å². The Labute approximate surface area is 128 Å². The lowest BCUT2D eigenvalue weighted by atomic mass is 9.77. The minimum Gasteiger partial charge on any atom is -0.313 e. The van der Waals surface area contributed by atoms with E-state index in [9.17, 15) is 0 Å². The summed E-state index contributed by atoms with van der Waals surface area (Å²) < 4.78 is 0. The van der Waals surface area contributed by atoms with Crippen LogP contribution in [-0.2, 0) is 0 Å². The maximum atomic E-state index is 3.77. The molecule has 0 aromatic rings. The summed E-state index contributed by atoms with van der Waals surface area (Å²) in [5, 5.41) is 3.77. The normalized spacial score (nSPS) is 15.8. The molecule has 1 rings (SSSR count). The van der Waals surface area contributed by atoms with E-state index in [0.29, 0.717) is 5.41 Å². The second kappa shape index (κ2) is 10.7. The van der Waals surface area contributed by atoms with Crippen LogP contribution < -0.4 is 5.32 Å². The fraction of sp³-hybridized carbons (Fsp3) is 1.00. The minimum absolute atomic E-state index is 0.588. The number of hydrogen-bond donors (Lipinski definition) is 1. The molecule has 0 aromatic carbocycles. The zero-order chi connectivity index (χ0) is 14.7. The van der Waals surface area contributed by atoms with Gasteiger partial charge in [0.25, 0.3) is 0 Å². The Bertz CT molecular complexity index is 216. The van der Waals surface area contributed by atoms with Crippen molar-refractivity contribution in [3.63, 3.8) is 0 Å².